The van der Waals surface area contributed by atoms with Crippen molar-refractivity contribution in [3.8, 4) is 10.8 Å². The number of furan rings is 1. The highest BCUT2D eigenvalue weighted by Gasteiger charge is 2.38. The lowest BCUT2D eigenvalue weighted by Crippen LogP contribution is -2.32. The minimum Gasteiger partial charge on any atom is -0.459 e. The Balaban J connectivity index is 0.00000144. The van der Waals surface area contributed by atoms with Crippen LogP contribution in [0.3, 0.4) is 0 Å². The number of halogens is 1. The Labute approximate surface area is 139 Å². The standard InChI is InChI=1S/C15H17N3O2S.ClH/c1-9-2-3-13(20-9)14-17-12(8-21-14)15(19)18-6-10-4-16-5-11(10)7-18;/h2-3,8,10-11,16H,4-7H2,1H3;1H/t10-,11+;. The van der Waals surface area contributed by atoms with Crippen LogP contribution in [0.15, 0.2) is 21.9 Å². The second-order valence-electron chi connectivity index (χ2n) is 5.84. The van der Waals surface area contributed by atoms with Crippen molar-refractivity contribution >= 4 is 29.7 Å². The van der Waals surface area contributed by atoms with Crippen LogP contribution < -0.4 is 5.32 Å². The van der Waals surface area contributed by atoms with Crippen LogP contribution in [0.2, 0.25) is 0 Å². The number of fused-ring (bicyclic) bond motifs is 1. The van der Waals surface area contributed by atoms with E-state index in [-0.39, 0.29) is 18.3 Å². The molecule has 2 saturated heterocycles. The third-order valence-corrected chi connectivity index (χ3v) is 5.21. The average Bonchev–Trinajstić information content (AvgIpc) is 3.20. The zero-order valence-corrected chi connectivity index (χ0v) is 13.9. The van der Waals surface area contributed by atoms with Gasteiger partial charge in [-0.3, -0.25) is 4.79 Å². The molecule has 0 unspecified atom stereocenters. The summed E-state index contributed by atoms with van der Waals surface area (Å²) in [5, 5.41) is 5.99. The maximum absolute atomic E-state index is 12.5. The first-order valence-corrected chi connectivity index (χ1v) is 8.11. The van der Waals surface area contributed by atoms with Gasteiger partial charge in [-0.1, -0.05) is 0 Å². The Morgan fingerprint density at radius 2 is 2.09 bits per heavy atom. The van der Waals surface area contributed by atoms with Gasteiger partial charge in [0.25, 0.3) is 5.91 Å². The summed E-state index contributed by atoms with van der Waals surface area (Å²) >= 11 is 1.46. The zero-order valence-electron chi connectivity index (χ0n) is 12.2. The largest absolute Gasteiger partial charge is 0.459 e. The molecule has 0 radical (unpaired) electrons. The predicted molar refractivity (Wildman–Crippen MR) is 87.6 cm³/mol. The number of hydrogen-bond donors (Lipinski definition) is 1. The number of rotatable bonds is 2. The zero-order chi connectivity index (χ0) is 14.4. The molecule has 1 amide bonds. The van der Waals surface area contributed by atoms with E-state index in [2.05, 4.69) is 10.3 Å². The quantitative estimate of drug-likeness (QED) is 0.913. The van der Waals surface area contributed by atoms with Crippen molar-refractivity contribution in [1.29, 1.82) is 0 Å². The molecule has 0 bridgehead atoms. The highest BCUT2D eigenvalue weighted by molar-refractivity contribution is 7.13. The number of aryl methyl sites for hydroxylation is 1. The van der Waals surface area contributed by atoms with Gasteiger partial charge in [-0.15, -0.1) is 23.7 Å². The normalized spacial score (nSPS) is 23.4. The molecule has 7 heteroatoms. The number of hydrogen-bond acceptors (Lipinski definition) is 5. The molecule has 118 valence electrons. The van der Waals surface area contributed by atoms with Gasteiger partial charge in [0, 0.05) is 31.6 Å². The summed E-state index contributed by atoms with van der Waals surface area (Å²) in [4.78, 5) is 18.9. The van der Waals surface area contributed by atoms with Gasteiger partial charge in [0.05, 0.1) is 0 Å². The number of nitrogens with zero attached hydrogens (tertiary/aromatic N) is 2. The number of thiazole rings is 1. The summed E-state index contributed by atoms with van der Waals surface area (Å²) in [7, 11) is 0. The molecular weight excluding hydrogens is 322 g/mol. The average molecular weight is 340 g/mol. The topological polar surface area (TPSA) is 58.4 Å². The second-order valence-corrected chi connectivity index (χ2v) is 6.69. The molecule has 2 fully saturated rings. The van der Waals surface area contributed by atoms with Crippen LogP contribution in [-0.2, 0) is 0 Å². The van der Waals surface area contributed by atoms with E-state index >= 15 is 0 Å². The summed E-state index contributed by atoms with van der Waals surface area (Å²) in [6.07, 6.45) is 0. The van der Waals surface area contributed by atoms with Crippen LogP contribution in [0.4, 0.5) is 0 Å². The van der Waals surface area contributed by atoms with Gasteiger partial charge >= 0.3 is 0 Å². The minimum absolute atomic E-state index is 0. The molecule has 2 atom stereocenters. The lowest BCUT2D eigenvalue weighted by molar-refractivity contribution is 0.0777. The highest BCUT2D eigenvalue weighted by atomic mass is 35.5. The summed E-state index contributed by atoms with van der Waals surface area (Å²) in [6.45, 7) is 5.66. The van der Waals surface area contributed by atoms with Crippen molar-refractivity contribution in [2.24, 2.45) is 11.8 Å². The van der Waals surface area contributed by atoms with E-state index in [1.54, 1.807) is 0 Å². The third-order valence-electron chi connectivity index (χ3n) is 4.35. The maximum atomic E-state index is 12.5. The van der Waals surface area contributed by atoms with E-state index in [0.29, 0.717) is 17.5 Å². The second kappa shape index (κ2) is 6.02. The molecule has 22 heavy (non-hydrogen) atoms. The highest BCUT2D eigenvalue weighted by Crippen LogP contribution is 2.29. The molecule has 0 aliphatic carbocycles. The van der Waals surface area contributed by atoms with Crippen molar-refractivity contribution in [1.82, 2.24) is 15.2 Å². The van der Waals surface area contributed by atoms with E-state index in [9.17, 15) is 4.79 Å². The first-order chi connectivity index (χ1) is 10.2. The van der Waals surface area contributed by atoms with E-state index in [1.807, 2.05) is 29.3 Å². The van der Waals surface area contributed by atoms with Crippen LogP contribution in [-0.4, -0.2) is 42.0 Å². The Morgan fingerprint density at radius 3 is 2.73 bits per heavy atom. The molecular formula is C15H18ClN3O2S. The fourth-order valence-electron chi connectivity index (χ4n) is 3.22. The van der Waals surface area contributed by atoms with Crippen molar-refractivity contribution in [2.45, 2.75) is 6.92 Å². The molecule has 0 spiro atoms. The number of carbonyl (C=O) groups is 1. The van der Waals surface area contributed by atoms with Gasteiger partial charge in [0.15, 0.2) is 10.8 Å². The molecule has 5 nitrogen and oxygen atoms in total. The fourth-order valence-corrected chi connectivity index (χ4v) is 3.97. The number of amides is 1. The van der Waals surface area contributed by atoms with Crippen LogP contribution in [0.25, 0.3) is 10.8 Å². The van der Waals surface area contributed by atoms with Crippen molar-refractivity contribution < 1.29 is 9.21 Å². The van der Waals surface area contributed by atoms with E-state index in [0.717, 1.165) is 42.7 Å². The SMILES string of the molecule is Cc1ccc(-c2nc(C(=O)N3C[C@H]4CNC[C@H]4C3)cs2)o1.Cl. The molecule has 2 aromatic heterocycles. The lowest BCUT2D eigenvalue weighted by Gasteiger charge is -2.15. The molecule has 4 heterocycles. The minimum atomic E-state index is 0. The molecule has 2 aliphatic heterocycles. The summed E-state index contributed by atoms with van der Waals surface area (Å²) < 4.78 is 5.56. The number of carbonyl (C=O) groups excluding carboxylic acids is 1. The monoisotopic (exact) mass is 339 g/mol. The molecule has 0 aromatic carbocycles. The molecule has 1 N–H and O–H groups in total. The molecule has 4 rings (SSSR count). The van der Waals surface area contributed by atoms with Gasteiger partial charge in [-0.2, -0.15) is 0 Å². The number of nitrogens with one attached hydrogen (secondary N) is 1. The van der Waals surface area contributed by atoms with Crippen LogP contribution in [0.1, 0.15) is 16.2 Å². The van der Waals surface area contributed by atoms with E-state index < -0.39 is 0 Å². The van der Waals surface area contributed by atoms with Gasteiger partial charge < -0.3 is 14.6 Å². The Morgan fingerprint density at radius 1 is 1.36 bits per heavy atom. The van der Waals surface area contributed by atoms with Gasteiger partial charge in [0.2, 0.25) is 0 Å². The summed E-state index contributed by atoms with van der Waals surface area (Å²) in [5.41, 5.74) is 0.539. The lowest BCUT2D eigenvalue weighted by atomic mass is 10.0. The Hall–Kier alpha value is -1.37. The molecule has 0 saturated carbocycles. The van der Waals surface area contributed by atoms with Crippen LogP contribution in [0.5, 0.6) is 0 Å². The first kappa shape index (κ1) is 15.5. The third kappa shape index (κ3) is 2.66. The van der Waals surface area contributed by atoms with E-state index in [4.69, 9.17) is 4.42 Å². The number of likely N-dealkylation sites (tertiary alicyclic amines) is 1. The smallest absolute Gasteiger partial charge is 0.273 e. The Bertz CT molecular complexity index is 672. The van der Waals surface area contributed by atoms with Gasteiger partial charge in [-0.25, -0.2) is 4.98 Å². The van der Waals surface area contributed by atoms with Crippen molar-refractivity contribution in [3.63, 3.8) is 0 Å². The van der Waals surface area contributed by atoms with Crippen LogP contribution in [0, 0.1) is 18.8 Å². The Kier molecular flexibility index (Phi) is 4.25. The first-order valence-electron chi connectivity index (χ1n) is 7.23. The van der Waals surface area contributed by atoms with Crippen molar-refractivity contribution in [3.05, 3.63) is 29.0 Å². The number of aromatic nitrogens is 1. The maximum Gasteiger partial charge on any atom is 0.273 e. The van der Waals surface area contributed by atoms with Gasteiger partial charge in [0.1, 0.15) is 11.5 Å². The van der Waals surface area contributed by atoms with Crippen molar-refractivity contribution in [2.75, 3.05) is 26.2 Å². The molecule has 2 aliphatic rings. The summed E-state index contributed by atoms with van der Waals surface area (Å²) in [6, 6.07) is 3.81. The van der Waals surface area contributed by atoms with E-state index in [1.165, 1.54) is 11.3 Å². The van der Waals surface area contributed by atoms with Crippen LogP contribution >= 0.6 is 23.7 Å². The van der Waals surface area contributed by atoms with Gasteiger partial charge in [-0.05, 0) is 30.9 Å². The molecule has 2 aromatic rings. The summed E-state index contributed by atoms with van der Waals surface area (Å²) in [5.74, 6) is 2.86. The predicted octanol–water partition coefficient (Wildman–Crippen LogP) is 2.42. The fraction of sp³-hybridized carbons (Fsp3) is 0.467.